The van der Waals surface area contributed by atoms with Crippen LogP contribution in [0.5, 0.6) is 0 Å². The molecule has 4 nitrogen and oxygen atoms in total. The van der Waals surface area contributed by atoms with E-state index in [-0.39, 0.29) is 23.2 Å². The van der Waals surface area contributed by atoms with Crippen LogP contribution < -0.4 is 5.32 Å². The Hall–Kier alpha value is -1.01. The summed E-state index contributed by atoms with van der Waals surface area (Å²) in [6.45, 7) is 8.98. The van der Waals surface area contributed by atoms with E-state index < -0.39 is 0 Å². The highest BCUT2D eigenvalue weighted by atomic mass is 32.2. The molecule has 23 heavy (non-hydrogen) atoms. The predicted molar refractivity (Wildman–Crippen MR) is 97.5 cm³/mol. The Morgan fingerprint density at radius 1 is 1.35 bits per heavy atom. The van der Waals surface area contributed by atoms with Crippen LogP contribution in [-0.2, 0) is 9.59 Å². The summed E-state index contributed by atoms with van der Waals surface area (Å²) < 4.78 is 0. The molecule has 1 aromatic rings. The maximum absolute atomic E-state index is 12.7. The molecule has 1 aliphatic heterocycles. The lowest BCUT2D eigenvalue weighted by molar-refractivity contribution is -0.139. The molecule has 2 amide bonds. The molecule has 1 aliphatic rings. The molecule has 0 aromatic carbocycles. The molecule has 6 heteroatoms. The van der Waals surface area contributed by atoms with Crippen molar-refractivity contribution in [3.63, 3.8) is 0 Å². The van der Waals surface area contributed by atoms with Crippen LogP contribution in [0.25, 0.3) is 0 Å². The van der Waals surface area contributed by atoms with Crippen LogP contribution in [0.2, 0.25) is 0 Å². The number of hydrogen-bond donors (Lipinski definition) is 1. The quantitative estimate of drug-likeness (QED) is 0.815. The van der Waals surface area contributed by atoms with Gasteiger partial charge in [-0.1, -0.05) is 27.7 Å². The molecule has 0 spiro atoms. The van der Waals surface area contributed by atoms with E-state index in [0.717, 1.165) is 5.56 Å². The number of rotatable bonds is 7. The number of carbonyl (C=O) groups excluding carboxylic acids is 2. The fourth-order valence-corrected chi connectivity index (χ4v) is 4.64. The zero-order chi connectivity index (χ0) is 17.0. The standard InChI is InChI=1S/C17H26N2O2S2/c1-11(2)7-14(16(21)18-8-12(3)4)19-15(20)10-23-17(19)13-5-6-22-9-13/h5-6,9,11-12,14,17H,7-8,10H2,1-4H3,(H,18,21)/t14-,17+/m0/s1. The van der Waals surface area contributed by atoms with Gasteiger partial charge in [-0.3, -0.25) is 9.59 Å². The fraction of sp³-hybridized carbons (Fsp3) is 0.647. The van der Waals surface area contributed by atoms with Crippen LogP contribution in [0.3, 0.4) is 0 Å². The summed E-state index contributed by atoms with van der Waals surface area (Å²) in [5.74, 6) is 1.24. The van der Waals surface area contributed by atoms with Gasteiger partial charge >= 0.3 is 0 Å². The molecule has 128 valence electrons. The van der Waals surface area contributed by atoms with Gasteiger partial charge in [0.25, 0.3) is 0 Å². The summed E-state index contributed by atoms with van der Waals surface area (Å²) in [6, 6.07) is 1.66. The third kappa shape index (κ3) is 4.73. The van der Waals surface area contributed by atoms with Crippen molar-refractivity contribution >= 4 is 34.9 Å². The van der Waals surface area contributed by atoms with Gasteiger partial charge in [-0.15, -0.1) is 11.8 Å². The molecule has 1 N–H and O–H groups in total. The topological polar surface area (TPSA) is 49.4 Å². The van der Waals surface area contributed by atoms with E-state index in [0.29, 0.717) is 30.6 Å². The third-order valence-electron chi connectivity index (χ3n) is 3.75. The van der Waals surface area contributed by atoms with E-state index in [1.54, 1.807) is 23.1 Å². The van der Waals surface area contributed by atoms with Crippen LogP contribution in [0.4, 0.5) is 0 Å². The minimum atomic E-state index is -0.388. The SMILES string of the molecule is CC(C)CNC(=O)[C@H](CC(C)C)N1C(=O)CS[C@@H]1c1ccsc1. The minimum absolute atomic E-state index is 0.0246. The molecule has 1 saturated heterocycles. The summed E-state index contributed by atoms with van der Waals surface area (Å²) in [4.78, 5) is 27.0. The molecule has 1 aromatic heterocycles. The van der Waals surface area contributed by atoms with Crippen LogP contribution in [0, 0.1) is 11.8 Å². The van der Waals surface area contributed by atoms with Crippen molar-refractivity contribution in [2.75, 3.05) is 12.3 Å². The maximum Gasteiger partial charge on any atom is 0.242 e. The highest BCUT2D eigenvalue weighted by molar-refractivity contribution is 8.00. The van der Waals surface area contributed by atoms with Crippen LogP contribution in [0.15, 0.2) is 16.8 Å². The van der Waals surface area contributed by atoms with Gasteiger partial charge in [-0.05, 0) is 40.6 Å². The number of nitrogens with zero attached hydrogens (tertiary/aromatic N) is 1. The Labute approximate surface area is 147 Å². The molecular formula is C17H26N2O2S2. The molecule has 0 saturated carbocycles. The first kappa shape index (κ1) is 18.3. The van der Waals surface area contributed by atoms with Gasteiger partial charge in [0.05, 0.1) is 5.75 Å². The number of thioether (sulfide) groups is 1. The summed E-state index contributed by atoms with van der Waals surface area (Å²) >= 11 is 3.24. The lowest BCUT2D eigenvalue weighted by atomic mass is 10.0. The maximum atomic E-state index is 12.7. The predicted octanol–water partition coefficient (Wildman–Crippen LogP) is 3.51. The molecule has 1 fully saturated rings. The molecule has 0 bridgehead atoms. The van der Waals surface area contributed by atoms with E-state index in [1.165, 1.54) is 0 Å². The highest BCUT2D eigenvalue weighted by Crippen LogP contribution is 2.41. The van der Waals surface area contributed by atoms with Crippen molar-refractivity contribution in [1.82, 2.24) is 10.2 Å². The van der Waals surface area contributed by atoms with Gasteiger partial charge in [0.2, 0.25) is 11.8 Å². The zero-order valence-electron chi connectivity index (χ0n) is 14.2. The molecule has 2 heterocycles. The van der Waals surface area contributed by atoms with Gasteiger partial charge in [0.15, 0.2) is 0 Å². The van der Waals surface area contributed by atoms with Crippen molar-refractivity contribution in [2.24, 2.45) is 11.8 Å². The highest BCUT2D eigenvalue weighted by Gasteiger charge is 2.41. The van der Waals surface area contributed by atoms with Crippen molar-refractivity contribution in [3.05, 3.63) is 22.4 Å². The summed E-state index contributed by atoms with van der Waals surface area (Å²) in [5.41, 5.74) is 1.12. The number of thiophene rings is 1. The van der Waals surface area contributed by atoms with Gasteiger partial charge in [0.1, 0.15) is 11.4 Å². The zero-order valence-corrected chi connectivity index (χ0v) is 15.9. The molecule has 2 atom stereocenters. The average molecular weight is 355 g/mol. The van der Waals surface area contributed by atoms with Crippen molar-refractivity contribution in [2.45, 2.75) is 45.5 Å². The summed E-state index contributed by atoms with van der Waals surface area (Å²) in [7, 11) is 0. The van der Waals surface area contributed by atoms with Crippen LogP contribution >= 0.6 is 23.1 Å². The minimum Gasteiger partial charge on any atom is -0.354 e. The van der Waals surface area contributed by atoms with Gasteiger partial charge in [0, 0.05) is 6.54 Å². The van der Waals surface area contributed by atoms with Crippen molar-refractivity contribution in [1.29, 1.82) is 0 Å². The Morgan fingerprint density at radius 3 is 2.65 bits per heavy atom. The molecule has 0 unspecified atom stereocenters. The van der Waals surface area contributed by atoms with Crippen LogP contribution in [0.1, 0.15) is 45.1 Å². The molecule has 0 aliphatic carbocycles. The number of amides is 2. The number of nitrogens with one attached hydrogen (secondary N) is 1. The Kier molecular flexibility index (Phi) is 6.53. The van der Waals surface area contributed by atoms with Crippen molar-refractivity contribution < 1.29 is 9.59 Å². The van der Waals surface area contributed by atoms with E-state index in [9.17, 15) is 9.59 Å². The second-order valence-corrected chi connectivity index (χ2v) is 8.65. The Bertz CT molecular complexity index is 529. The summed E-state index contributed by atoms with van der Waals surface area (Å²) in [6.07, 6.45) is 0.691. The van der Waals surface area contributed by atoms with Gasteiger partial charge < -0.3 is 10.2 Å². The smallest absolute Gasteiger partial charge is 0.242 e. The molecule has 2 rings (SSSR count). The second kappa shape index (κ2) is 8.20. The third-order valence-corrected chi connectivity index (χ3v) is 5.68. The number of carbonyl (C=O) groups is 2. The van der Waals surface area contributed by atoms with E-state index in [2.05, 4.69) is 38.4 Å². The molecule has 0 radical (unpaired) electrons. The van der Waals surface area contributed by atoms with E-state index >= 15 is 0 Å². The summed E-state index contributed by atoms with van der Waals surface area (Å²) in [5, 5.41) is 7.06. The Morgan fingerprint density at radius 2 is 2.09 bits per heavy atom. The lowest BCUT2D eigenvalue weighted by Gasteiger charge is -2.32. The van der Waals surface area contributed by atoms with E-state index in [1.807, 2.05) is 16.3 Å². The second-order valence-electron chi connectivity index (χ2n) is 6.81. The normalized spacial score (nSPS) is 19.7. The first-order chi connectivity index (χ1) is 10.9. The van der Waals surface area contributed by atoms with Gasteiger partial charge in [-0.25, -0.2) is 0 Å². The monoisotopic (exact) mass is 354 g/mol. The lowest BCUT2D eigenvalue weighted by Crippen LogP contribution is -2.49. The molecular weight excluding hydrogens is 328 g/mol. The van der Waals surface area contributed by atoms with E-state index in [4.69, 9.17) is 0 Å². The largest absolute Gasteiger partial charge is 0.354 e. The van der Waals surface area contributed by atoms with Crippen LogP contribution in [-0.4, -0.2) is 35.1 Å². The first-order valence-electron chi connectivity index (χ1n) is 8.12. The first-order valence-corrected chi connectivity index (χ1v) is 10.1. The van der Waals surface area contributed by atoms with Gasteiger partial charge in [-0.2, -0.15) is 11.3 Å². The Balaban J connectivity index is 2.21. The average Bonchev–Trinajstić information content (AvgIpc) is 3.11. The fourth-order valence-electron chi connectivity index (χ4n) is 2.66. The number of hydrogen-bond acceptors (Lipinski definition) is 4. The van der Waals surface area contributed by atoms with Crippen molar-refractivity contribution in [3.8, 4) is 0 Å².